The molecule has 0 bridgehead atoms. The van der Waals surface area contributed by atoms with Crippen LogP contribution in [0.15, 0.2) is 71.1 Å². The zero-order valence-corrected chi connectivity index (χ0v) is 14.1. The third-order valence-electron chi connectivity index (χ3n) is 4.48. The molecule has 1 aromatic heterocycles. The first-order valence-corrected chi connectivity index (χ1v) is 8.53. The minimum absolute atomic E-state index is 0.157. The number of halogens is 1. The molecule has 2 heterocycles. The summed E-state index contributed by atoms with van der Waals surface area (Å²) in [6, 6.07) is 19.4. The van der Waals surface area contributed by atoms with Crippen molar-refractivity contribution in [2.24, 2.45) is 0 Å². The van der Waals surface area contributed by atoms with Gasteiger partial charge in [-0.25, -0.2) is 4.39 Å². The Hall–Kier alpha value is -2.92. The highest BCUT2D eigenvalue weighted by Gasteiger charge is 2.28. The molecule has 0 aliphatic carbocycles. The third kappa shape index (κ3) is 3.26. The average molecular weight is 351 g/mol. The number of amides is 1. The molecule has 3 aromatic rings. The molecule has 0 radical (unpaired) electrons. The van der Waals surface area contributed by atoms with Gasteiger partial charge >= 0.3 is 0 Å². The Balaban J connectivity index is 1.52. The van der Waals surface area contributed by atoms with E-state index in [9.17, 15) is 9.18 Å². The molecule has 0 saturated carbocycles. The van der Waals surface area contributed by atoms with Gasteiger partial charge in [-0.1, -0.05) is 42.5 Å². The van der Waals surface area contributed by atoms with Crippen LogP contribution in [0.4, 0.5) is 4.39 Å². The molecule has 1 aliphatic heterocycles. The van der Waals surface area contributed by atoms with Gasteiger partial charge < -0.3 is 14.1 Å². The Morgan fingerprint density at radius 3 is 2.58 bits per heavy atom. The summed E-state index contributed by atoms with van der Waals surface area (Å²) in [6.07, 6.45) is -0.157. The number of hydrogen-bond donors (Lipinski definition) is 0. The van der Waals surface area contributed by atoms with Crippen molar-refractivity contribution in [3.8, 4) is 11.3 Å². The van der Waals surface area contributed by atoms with Crippen molar-refractivity contribution in [2.75, 3.05) is 19.7 Å². The summed E-state index contributed by atoms with van der Waals surface area (Å²) in [5.41, 5.74) is 1.38. The molecular formula is C21H18FNO3. The highest BCUT2D eigenvalue weighted by molar-refractivity contribution is 5.92. The first-order chi connectivity index (χ1) is 12.7. The van der Waals surface area contributed by atoms with Crippen molar-refractivity contribution in [1.82, 2.24) is 4.90 Å². The van der Waals surface area contributed by atoms with Gasteiger partial charge in [0.05, 0.1) is 18.7 Å². The number of ether oxygens (including phenoxy) is 1. The van der Waals surface area contributed by atoms with E-state index >= 15 is 0 Å². The van der Waals surface area contributed by atoms with E-state index in [4.69, 9.17) is 9.15 Å². The van der Waals surface area contributed by atoms with E-state index in [2.05, 4.69) is 0 Å². The van der Waals surface area contributed by atoms with Gasteiger partial charge in [0.1, 0.15) is 17.7 Å². The number of carbonyl (C=O) groups is 1. The van der Waals surface area contributed by atoms with Gasteiger partial charge in [0, 0.05) is 6.54 Å². The summed E-state index contributed by atoms with van der Waals surface area (Å²) < 4.78 is 25.3. The first kappa shape index (κ1) is 16.5. The maximum atomic E-state index is 13.9. The molecule has 0 spiro atoms. The first-order valence-electron chi connectivity index (χ1n) is 8.53. The lowest BCUT2D eigenvalue weighted by Gasteiger charge is -2.32. The Bertz CT molecular complexity index is 906. The molecule has 132 valence electrons. The molecule has 1 amide bonds. The summed E-state index contributed by atoms with van der Waals surface area (Å²) >= 11 is 0. The summed E-state index contributed by atoms with van der Waals surface area (Å²) in [6.45, 7) is 1.42. The van der Waals surface area contributed by atoms with Crippen molar-refractivity contribution in [3.63, 3.8) is 0 Å². The molecule has 26 heavy (non-hydrogen) atoms. The molecule has 1 atom stereocenters. The topological polar surface area (TPSA) is 42.7 Å². The second-order valence-corrected chi connectivity index (χ2v) is 6.17. The van der Waals surface area contributed by atoms with Gasteiger partial charge in [-0.2, -0.15) is 0 Å². The van der Waals surface area contributed by atoms with Crippen LogP contribution in [0, 0.1) is 5.82 Å². The molecular weight excluding hydrogens is 333 g/mol. The molecule has 1 aliphatic rings. The van der Waals surface area contributed by atoms with Crippen LogP contribution in [-0.4, -0.2) is 30.5 Å². The molecule has 5 heteroatoms. The van der Waals surface area contributed by atoms with E-state index in [1.54, 1.807) is 35.2 Å². The minimum Gasteiger partial charge on any atom is -0.451 e. The molecule has 1 fully saturated rings. The molecule has 2 aromatic carbocycles. The van der Waals surface area contributed by atoms with E-state index in [-0.39, 0.29) is 23.6 Å². The Labute approximate surface area is 150 Å². The van der Waals surface area contributed by atoms with Gasteiger partial charge in [0.15, 0.2) is 5.76 Å². The molecule has 1 saturated heterocycles. The van der Waals surface area contributed by atoms with E-state index in [1.165, 1.54) is 6.07 Å². The fourth-order valence-corrected chi connectivity index (χ4v) is 3.12. The second-order valence-electron chi connectivity index (χ2n) is 6.17. The zero-order chi connectivity index (χ0) is 17.9. The van der Waals surface area contributed by atoms with Crippen LogP contribution in [0.2, 0.25) is 0 Å². The molecule has 1 unspecified atom stereocenters. The molecule has 4 rings (SSSR count). The van der Waals surface area contributed by atoms with Gasteiger partial charge in [0.25, 0.3) is 5.91 Å². The number of benzene rings is 2. The number of morpholine rings is 1. The van der Waals surface area contributed by atoms with Crippen LogP contribution in [0.25, 0.3) is 11.3 Å². The number of furan rings is 1. The van der Waals surface area contributed by atoms with E-state index in [0.29, 0.717) is 31.0 Å². The predicted molar refractivity (Wildman–Crippen MR) is 95.1 cm³/mol. The zero-order valence-electron chi connectivity index (χ0n) is 14.1. The van der Waals surface area contributed by atoms with Gasteiger partial charge in [-0.05, 0) is 29.8 Å². The van der Waals surface area contributed by atoms with Gasteiger partial charge in [-0.15, -0.1) is 0 Å². The Morgan fingerprint density at radius 1 is 1.00 bits per heavy atom. The fourth-order valence-electron chi connectivity index (χ4n) is 3.12. The largest absolute Gasteiger partial charge is 0.451 e. The second kappa shape index (κ2) is 7.14. The quantitative estimate of drug-likeness (QED) is 0.707. The summed E-state index contributed by atoms with van der Waals surface area (Å²) in [4.78, 5) is 14.5. The number of rotatable bonds is 3. The monoisotopic (exact) mass is 351 g/mol. The van der Waals surface area contributed by atoms with Crippen LogP contribution >= 0.6 is 0 Å². The maximum Gasteiger partial charge on any atom is 0.289 e. The van der Waals surface area contributed by atoms with Crippen molar-refractivity contribution in [2.45, 2.75) is 6.10 Å². The lowest BCUT2D eigenvalue weighted by molar-refractivity contribution is -0.0237. The lowest BCUT2D eigenvalue weighted by Crippen LogP contribution is -2.42. The van der Waals surface area contributed by atoms with Crippen LogP contribution in [0.1, 0.15) is 22.2 Å². The number of hydrogen-bond acceptors (Lipinski definition) is 3. The summed E-state index contributed by atoms with van der Waals surface area (Å²) in [5, 5.41) is 0. The van der Waals surface area contributed by atoms with E-state index in [0.717, 1.165) is 5.56 Å². The van der Waals surface area contributed by atoms with Crippen LogP contribution in [0.5, 0.6) is 0 Å². The maximum absolute atomic E-state index is 13.9. The summed E-state index contributed by atoms with van der Waals surface area (Å²) in [5.74, 6) is -0.0375. The Kier molecular flexibility index (Phi) is 4.54. The van der Waals surface area contributed by atoms with Crippen molar-refractivity contribution in [3.05, 3.63) is 83.9 Å². The van der Waals surface area contributed by atoms with Crippen LogP contribution < -0.4 is 0 Å². The molecule has 4 nitrogen and oxygen atoms in total. The standard InChI is InChI=1S/C21H18FNO3/c22-17-9-5-4-8-16(17)18-10-11-19(26-18)21(24)23-12-13-25-20(14-23)15-6-2-1-3-7-15/h1-11,20H,12-14H2. The third-order valence-corrected chi connectivity index (χ3v) is 4.48. The number of nitrogens with zero attached hydrogens (tertiary/aromatic N) is 1. The van der Waals surface area contributed by atoms with Crippen molar-refractivity contribution < 1.29 is 18.3 Å². The van der Waals surface area contributed by atoms with E-state index in [1.807, 2.05) is 30.3 Å². The number of carbonyl (C=O) groups excluding carboxylic acids is 1. The SMILES string of the molecule is O=C(c1ccc(-c2ccccc2F)o1)N1CCOC(c2ccccc2)C1. The fraction of sp³-hybridized carbons (Fsp3) is 0.190. The Morgan fingerprint density at radius 2 is 1.77 bits per heavy atom. The predicted octanol–water partition coefficient (Wildman–Crippen LogP) is 4.30. The smallest absolute Gasteiger partial charge is 0.289 e. The highest BCUT2D eigenvalue weighted by atomic mass is 19.1. The van der Waals surface area contributed by atoms with E-state index < -0.39 is 0 Å². The normalized spacial score (nSPS) is 17.3. The lowest BCUT2D eigenvalue weighted by atomic mass is 10.1. The average Bonchev–Trinajstić information content (AvgIpc) is 3.18. The van der Waals surface area contributed by atoms with Gasteiger partial charge in [0.2, 0.25) is 0 Å². The highest BCUT2D eigenvalue weighted by Crippen LogP contribution is 2.27. The van der Waals surface area contributed by atoms with Crippen molar-refractivity contribution >= 4 is 5.91 Å². The minimum atomic E-state index is -0.378. The summed E-state index contributed by atoms with van der Waals surface area (Å²) in [7, 11) is 0. The van der Waals surface area contributed by atoms with Crippen LogP contribution in [-0.2, 0) is 4.74 Å². The molecule has 0 N–H and O–H groups in total. The van der Waals surface area contributed by atoms with Crippen LogP contribution in [0.3, 0.4) is 0 Å². The van der Waals surface area contributed by atoms with Crippen molar-refractivity contribution in [1.29, 1.82) is 0 Å². The van der Waals surface area contributed by atoms with Gasteiger partial charge in [-0.3, -0.25) is 4.79 Å².